The number of alkyl halides is 1. The van der Waals surface area contributed by atoms with Crippen molar-refractivity contribution in [1.82, 2.24) is 0 Å². The highest BCUT2D eigenvalue weighted by Gasteiger charge is 2.04. The van der Waals surface area contributed by atoms with Crippen LogP contribution in [0.15, 0.2) is 0 Å². The van der Waals surface area contributed by atoms with Gasteiger partial charge in [0.2, 0.25) is 0 Å². The molecule has 0 rings (SSSR count). The Balaban J connectivity index is 3.16. The van der Waals surface area contributed by atoms with Gasteiger partial charge in [0.25, 0.3) is 0 Å². The average molecular weight is 178 g/mol. The molecule has 0 spiro atoms. The van der Waals surface area contributed by atoms with Crippen molar-refractivity contribution in [2.45, 2.75) is 39.3 Å². The van der Waals surface area contributed by atoms with Crippen molar-refractivity contribution >= 4 is 16.9 Å². The summed E-state index contributed by atoms with van der Waals surface area (Å²) in [6.07, 6.45) is 1.30. The first-order valence-corrected chi connectivity index (χ1v) is 4.92. The van der Waals surface area contributed by atoms with E-state index in [1.54, 1.807) is 0 Å². The van der Waals surface area contributed by atoms with Crippen LogP contribution in [0.3, 0.4) is 0 Å². The van der Waals surface area contributed by atoms with Gasteiger partial charge in [-0.05, 0) is 12.8 Å². The normalized spacial score (nSPS) is 13.0. The monoisotopic (exact) mass is 178 g/mol. The first-order valence-electron chi connectivity index (χ1n) is 3.94. The molecule has 0 bridgehead atoms. The van der Waals surface area contributed by atoms with E-state index in [0.29, 0.717) is 18.6 Å². The van der Waals surface area contributed by atoms with Crippen LogP contribution in [0.1, 0.15) is 33.1 Å². The lowest BCUT2D eigenvalue weighted by molar-refractivity contribution is -0.109. The van der Waals surface area contributed by atoms with Gasteiger partial charge in [-0.1, -0.05) is 25.1 Å². The number of hydrogen-bond acceptors (Lipinski definition) is 2. The quantitative estimate of drug-likeness (QED) is 0.644. The third kappa shape index (κ3) is 7.85. The number of thioether (sulfide) groups is 1. The van der Waals surface area contributed by atoms with E-state index in [-0.39, 0.29) is 5.12 Å². The number of hydrogen-bond donors (Lipinski definition) is 0. The summed E-state index contributed by atoms with van der Waals surface area (Å²) in [5, 5.41) is 0.0775. The number of halogens is 1. The minimum absolute atomic E-state index is 0.0775. The fraction of sp³-hybridized carbons (Fsp3) is 0.875. The molecule has 0 aromatic heterocycles. The van der Waals surface area contributed by atoms with Gasteiger partial charge in [-0.15, -0.1) is 0 Å². The first-order chi connectivity index (χ1) is 5.16. The van der Waals surface area contributed by atoms with E-state index in [0.717, 1.165) is 6.42 Å². The summed E-state index contributed by atoms with van der Waals surface area (Å²) in [7, 11) is 0. The lowest BCUT2D eigenvalue weighted by atomic mass is 10.2. The van der Waals surface area contributed by atoms with Crippen LogP contribution in [0.2, 0.25) is 0 Å². The molecule has 0 aliphatic rings. The van der Waals surface area contributed by atoms with E-state index in [4.69, 9.17) is 0 Å². The van der Waals surface area contributed by atoms with E-state index in [2.05, 4.69) is 0 Å². The molecule has 0 N–H and O–H groups in total. The predicted molar refractivity (Wildman–Crippen MR) is 47.6 cm³/mol. The van der Waals surface area contributed by atoms with Crippen LogP contribution in [0, 0.1) is 0 Å². The Morgan fingerprint density at radius 2 is 2.18 bits per heavy atom. The molecule has 3 heteroatoms. The molecule has 0 saturated carbocycles. The molecule has 0 aliphatic heterocycles. The molecule has 0 aromatic rings. The van der Waals surface area contributed by atoms with E-state index in [9.17, 15) is 9.18 Å². The molecule has 1 nitrogen and oxygen atoms in total. The molecule has 0 heterocycles. The molecular formula is C8H15FOS. The van der Waals surface area contributed by atoms with Crippen LogP contribution >= 0.6 is 11.8 Å². The molecule has 11 heavy (non-hydrogen) atoms. The molecule has 0 saturated heterocycles. The molecule has 66 valence electrons. The highest BCUT2D eigenvalue weighted by molar-refractivity contribution is 8.13. The Hall–Kier alpha value is -0.0500. The number of rotatable bonds is 5. The number of carbonyl (C=O) groups excluding carboxylic acids is 1. The SMILES string of the molecule is CCCC(F)CCSC(C)=O. The summed E-state index contributed by atoms with van der Waals surface area (Å²) in [6.45, 7) is 3.47. The van der Waals surface area contributed by atoms with Gasteiger partial charge in [0.1, 0.15) is 6.17 Å². The molecule has 0 aliphatic carbocycles. The minimum atomic E-state index is -0.716. The summed E-state index contributed by atoms with van der Waals surface area (Å²) >= 11 is 1.21. The maximum Gasteiger partial charge on any atom is 0.185 e. The molecule has 1 atom stereocenters. The predicted octanol–water partition coefficient (Wildman–Crippen LogP) is 2.79. The van der Waals surface area contributed by atoms with Crippen LogP contribution in [0.25, 0.3) is 0 Å². The molecule has 0 radical (unpaired) electrons. The summed E-state index contributed by atoms with van der Waals surface area (Å²) in [4.78, 5) is 10.4. The van der Waals surface area contributed by atoms with Crippen LogP contribution in [0.5, 0.6) is 0 Å². The Morgan fingerprint density at radius 3 is 2.64 bits per heavy atom. The van der Waals surface area contributed by atoms with Crippen molar-refractivity contribution in [2.75, 3.05) is 5.75 Å². The fourth-order valence-electron chi connectivity index (χ4n) is 0.788. The maximum absolute atomic E-state index is 12.7. The topological polar surface area (TPSA) is 17.1 Å². The summed E-state index contributed by atoms with van der Waals surface area (Å²) in [6, 6.07) is 0. The second-order valence-corrected chi connectivity index (χ2v) is 3.79. The third-order valence-electron chi connectivity index (χ3n) is 1.34. The van der Waals surface area contributed by atoms with Gasteiger partial charge in [-0.25, -0.2) is 4.39 Å². The fourth-order valence-corrected chi connectivity index (χ4v) is 1.45. The van der Waals surface area contributed by atoms with Gasteiger partial charge in [0.15, 0.2) is 5.12 Å². The first kappa shape index (κ1) is 11.0. The molecule has 0 fully saturated rings. The van der Waals surface area contributed by atoms with Crippen LogP contribution in [-0.2, 0) is 4.79 Å². The summed E-state index contributed by atoms with van der Waals surface area (Å²) < 4.78 is 12.7. The Kier molecular flexibility index (Phi) is 6.62. The second-order valence-electron chi connectivity index (χ2n) is 2.51. The lowest BCUT2D eigenvalue weighted by Gasteiger charge is -2.03. The van der Waals surface area contributed by atoms with E-state index >= 15 is 0 Å². The van der Waals surface area contributed by atoms with Gasteiger partial charge in [-0.3, -0.25) is 4.79 Å². The van der Waals surface area contributed by atoms with Crippen molar-refractivity contribution in [1.29, 1.82) is 0 Å². The van der Waals surface area contributed by atoms with Gasteiger partial charge in [0.05, 0.1) is 0 Å². The van der Waals surface area contributed by atoms with Crippen molar-refractivity contribution in [3.05, 3.63) is 0 Å². The Labute approximate surface area is 71.7 Å². The number of carbonyl (C=O) groups is 1. The highest BCUT2D eigenvalue weighted by Crippen LogP contribution is 2.11. The van der Waals surface area contributed by atoms with Crippen molar-refractivity contribution in [3.8, 4) is 0 Å². The van der Waals surface area contributed by atoms with Crippen LogP contribution < -0.4 is 0 Å². The largest absolute Gasteiger partial charge is 0.288 e. The highest BCUT2D eigenvalue weighted by atomic mass is 32.2. The van der Waals surface area contributed by atoms with Crippen molar-refractivity contribution in [3.63, 3.8) is 0 Å². The second kappa shape index (κ2) is 6.65. The summed E-state index contributed by atoms with van der Waals surface area (Å²) in [5.41, 5.74) is 0. The molecule has 0 amide bonds. The van der Waals surface area contributed by atoms with E-state index < -0.39 is 6.17 Å². The third-order valence-corrected chi connectivity index (χ3v) is 2.18. The zero-order valence-electron chi connectivity index (χ0n) is 7.10. The van der Waals surface area contributed by atoms with Crippen molar-refractivity contribution in [2.24, 2.45) is 0 Å². The van der Waals surface area contributed by atoms with Gasteiger partial charge in [-0.2, -0.15) is 0 Å². The van der Waals surface area contributed by atoms with Gasteiger partial charge in [0, 0.05) is 12.7 Å². The van der Waals surface area contributed by atoms with E-state index in [1.807, 2.05) is 6.92 Å². The lowest BCUT2D eigenvalue weighted by Crippen LogP contribution is -2.01. The Bertz CT molecular complexity index is 117. The smallest absolute Gasteiger partial charge is 0.185 e. The van der Waals surface area contributed by atoms with Crippen LogP contribution in [0.4, 0.5) is 4.39 Å². The van der Waals surface area contributed by atoms with Gasteiger partial charge >= 0.3 is 0 Å². The Morgan fingerprint density at radius 1 is 1.55 bits per heavy atom. The maximum atomic E-state index is 12.7. The molecular weight excluding hydrogens is 163 g/mol. The minimum Gasteiger partial charge on any atom is -0.288 e. The molecule has 0 aromatic carbocycles. The zero-order chi connectivity index (χ0) is 8.69. The zero-order valence-corrected chi connectivity index (χ0v) is 7.92. The molecule has 1 unspecified atom stereocenters. The van der Waals surface area contributed by atoms with Crippen molar-refractivity contribution < 1.29 is 9.18 Å². The van der Waals surface area contributed by atoms with Gasteiger partial charge < -0.3 is 0 Å². The van der Waals surface area contributed by atoms with E-state index in [1.165, 1.54) is 18.7 Å². The standard InChI is InChI=1S/C8H15FOS/c1-3-4-8(9)5-6-11-7(2)10/h8H,3-6H2,1-2H3. The summed E-state index contributed by atoms with van der Waals surface area (Å²) in [5.74, 6) is 0.622. The van der Waals surface area contributed by atoms with Crippen LogP contribution in [-0.4, -0.2) is 17.0 Å². The average Bonchev–Trinajstić information content (AvgIpc) is 1.87.